The van der Waals surface area contributed by atoms with Crippen molar-refractivity contribution in [3.63, 3.8) is 0 Å². The van der Waals surface area contributed by atoms with Crippen LogP contribution in [0.15, 0.2) is 29.6 Å². The van der Waals surface area contributed by atoms with Gasteiger partial charge in [-0.05, 0) is 66.5 Å². The Kier molecular flexibility index (Phi) is 3.58. The second-order valence-electron chi connectivity index (χ2n) is 4.74. The van der Waals surface area contributed by atoms with Crippen molar-refractivity contribution in [1.82, 2.24) is 0 Å². The molecular formula is C15H14ClNOS. The van der Waals surface area contributed by atoms with E-state index in [0.717, 1.165) is 23.4 Å². The molecule has 2 aromatic rings. The number of benzene rings is 1. The van der Waals surface area contributed by atoms with Gasteiger partial charge in [0.25, 0.3) is 5.91 Å². The number of hydrogen-bond acceptors (Lipinski definition) is 2. The van der Waals surface area contributed by atoms with E-state index in [4.69, 9.17) is 11.6 Å². The molecule has 3 rings (SSSR count). The fraction of sp³-hybridized carbons (Fsp3) is 0.267. The Labute approximate surface area is 121 Å². The Hall–Kier alpha value is -1.32. The first-order valence-corrected chi connectivity index (χ1v) is 7.66. The lowest BCUT2D eigenvalue weighted by molar-refractivity contribution is 0.102. The van der Waals surface area contributed by atoms with Gasteiger partial charge in [-0.15, -0.1) is 11.3 Å². The number of nitrogens with one attached hydrogen (secondary N) is 1. The van der Waals surface area contributed by atoms with Gasteiger partial charge in [0.2, 0.25) is 0 Å². The van der Waals surface area contributed by atoms with E-state index in [0.29, 0.717) is 5.02 Å². The van der Waals surface area contributed by atoms with Crippen molar-refractivity contribution in [2.75, 3.05) is 5.32 Å². The summed E-state index contributed by atoms with van der Waals surface area (Å²) in [4.78, 5) is 13.2. The van der Waals surface area contributed by atoms with Gasteiger partial charge in [0.1, 0.15) is 0 Å². The van der Waals surface area contributed by atoms with E-state index in [1.165, 1.54) is 24.0 Å². The first kappa shape index (κ1) is 12.7. The van der Waals surface area contributed by atoms with Crippen LogP contribution in [0, 0.1) is 0 Å². The lowest BCUT2D eigenvalue weighted by Crippen LogP contribution is -2.13. The molecule has 1 aliphatic rings. The largest absolute Gasteiger partial charge is 0.321 e. The molecule has 98 valence electrons. The summed E-state index contributed by atoms with van der Waals surface area (Å²) in [6.07, 6.45) is 4.56. The van der Waals surface area contributed by atoms with E-state index in [-0.39, 0.29) is 5.91 Å². The van der Waals surface area contributed by atoms with Crippen molar-refractivity contribution in [2.45, 2.75) is 25.7 Å². The van der Waals surface area contributed by atoms with Crippen LogP contribution < -0.4 is 5.32 Å². The quantitative estimate of drug-likeness (QED) is 0.865. The van der Waals surface area contributed by atoms with Gasteiger partial charge in [-0.3, -0.25) is 4.79 Å². The Balaban J connectivity index is 1.80. The molecule has 4 heteroatoms. The predicted molar refractivity (Wildman–Crippen MR) is 80.4 cm³/mol. The van der Waals surface area contributed by atoms with E-state index in [1.54, 1.807) is 23.5 Å². The van der Waals surface area contributed by atoms with Crippen LogP contribution in [0.4, 0.5) is 5.69 Å². The van der Waals surface area contributed by atoms with Crippen molar-refractivity contribution in [2.24, 2.45) is 0 Å². The topological polar surface area (TPSA) is 29.1 Å². The number of aryl methyl sites for hydroxylation is 1. The molecule has 1 N–H and O–H groups in total. The molecule has 1 amide bonds. The summed E-state index contributed by atoms with van der Waals surface area (Å²) in [6.45, 7) is 0. The Morgan fingerprint density at radius 3 is 2.68 bits per heavy atom. The molecule has 19 heavy (non-hydrogen) atoms. The van der Waals surface area contributed by atoms with Crippen molar-refractivity contribution >= 4 is 34.5 Å². The zero-order valence-corrected chi connectivity index (χ0v) is 12.0. The molecule has 1 aromatic heterocycles. The Bertz CT molecular complexity index is 603. The van der Waals surface area contributed by atoms with Crippen LogP contribution in [0.2, 0.25) is 5.02 Å². The summed E-state index contributed by atoms with van der Waals surface area (Å²) < 4.78 is 0. The average Bonchev–Trinajstić information content (AvgIpc) is 2.85. The van der Waals surface area contributed by atoms with E-state index >= 15 is 0 Å². The van der Waals surface area contributed by atoms with Crippen molar-refractivity contribution < 1.29 is 4.79 Å². The van der Waals surface area contributed by atoms with Gasteiger partial charge < -0.3 is 5.32 Å². The number of anilines is 1. The van der Waals surface area contributed by atoms with Gasteiger partial charge in [0.15, 0.2) is 0 Å². The van der Waals surface area contributed by atoms with Crippen LogP contribution in [0.1, 0.15) is 33.6 Å². The molecular weight excluding hydrogens is 278 g/mol. The third kappa shape index (κ3) is 2.67. The maximum Gasteiger partial charge on any atom is 0.266 e. The molecule has 0 saturated carbocycles. The van der Waals surface area contributed by atoms with E-state index < -0.39 is 0 Å². The molecule has 1 aromatic carbocycles. The smallest absolute Gasteiger partial charge is 0.266 e. The van der Waals surface area contributed by atoms with Gasteiger partial charge in [-0.25, -0.2) is 0 Å². The highest BCUT2D eigenvalue weighted by Crippen LogP contribution is 2.30. The Morgan fingerprint density at radius 2 is 1.89 bits per heavy atom. The number of fused-ring (bicyclic) bond motifs is 1. The van der Waals surface area contributed by atoms with E-state index in [2.05, 4.69) is 10.7 Å². The molecule has 0 spiro atoms. The van der Waals surface area contributed by atoms with E-state index in [1.807, 2.05) is 12.1 Å². The SMILES string of the molecule is O=C(Nc1ccc(Cl)cc1)c1scc2c1CCCC2. The summed E-state index contributed by atoms with van der Waals surface area (Å²) in [6, 6.07) is 7.20. The third-order valence-corrected chi connectivity index (χ3v) is 4.73. The molecule has 0 unspecified atom stereocenters. The van der Waals surface area contributed by atoms with Crippen LogP contribution in [-0.4, -0.2) is 5.91 Å². The predicted octanol–water partition coefficient (Wildman–Crippen LogP) is 4.53. The van der Waals surface area contributed by atoms with Crippen LogP contribution in [0.3, 0.4) is 0 Å². The molecule has 0 fully saturated rings. The van der Waals surface area contributed by atoms with Gasteiger partial charge in [-0.2, -0.15) is 0 Å². The summed E-state index contributed by atoms with van der Waals surface area (Å²) in [5.74, 6) is -0.00419. The van der Waals surface area contributed by atoms with Crippen molar-refractivity contribution in [3.05, 3.63) is 50.7 Å². The second kappa shape index (κ2) is 5.35. The van der Waals surface area contributed by atoms with Gasteiger partial charge in [0.05, 0.1) is 4.88 Å². The zero-order chi connectivity index (χ0) is 13.2. The lowest BCUT2D eigenvalue weighted by Gasteiger charge is -2.12. The number of halogens is 1. The molecule has 0 radical (unpaired) electrons. The van der Waals surface area contributed by atoms with Gasteiger partial charge in [-0.1, -0.05) is 11.6 Å². The third-order valence-electron chi connectivity index (χ3n) is 3.41. The molecule has 0 saturated heterocycles. The first-order chi connectivity index (χ1) is 9.24. The summed E-state index contributed by atoms with van der Waals surface area (Å²) in [5.41, 5.74) is 3.40. The summed E-state index contributed by atoms with van der Waals surface area (Å²) in [7, 11) is 0. The van der Waals surface area contributed by atoms with Crippen LogP contribution in [0.5, 0.6) is 0 Å². The highest BCUT2D eigenvalue weighted by atomic mass is 35.5. The van der Waals surface area contributed by atoms with Crippen molar-refractivity contribution in [3.8, 4) is 0 Å². The maximum absolute atomic E-state index is 12.3. The Morgan fingerprint density at radius 1 is 1.16 bits per heavy atom. The lowest BCUT2D eigenvalue weighted by atomic mass is 9.94. The highest BCUT2D eigenvalue weighted by Gasteiger charge is 2.20. The molecule has 1 aliphatic carbocycles. The molecule has 2 nitrogen and oxygen atoms in total. The summed E-state index contributed by atoms with van der Waals surface area (Å²) >= 11 is 7.39. The van der Waals surface area contributed by atoms with E-state index in [9.17, 15) is 4.79 Å². The highest BCUT2D eigenvalue weighted by molar-refractivity contribution is 7.12. The minimum Gasteiger partial charge on any atom is -0.321 e. The van der Waals surface area contributed by atoms with Crippen LogP contribution in [-0.2, 0) is 12.8 Å². The monoisotopic (exact) mass is 291 g/mol. The molecule has 1 heterocycles. The number of amides is 1. The fourth-order valence-corrected chi connectivity index (χ4v) is 3.61. The number of hydrogen-bond donors (Lipinski definition) is 1. The average molecular weight is 292 g/mol. The van der Waals surface area contributed by atoms with Crippen molar-refractivity contribution in [1.29, 1.82) is 0 Å². The zero-order valence-electron chi connectivity index (χ0n) is 10.4. The van der Waals surface area contributed by atoms with Gasteiger partial charge in [0, 0.05) is 10.7 Å². The fourth-order valence-electron chi connectivity index (χ4n) is 2.43. The minimum absolute atomic E-state index is 0.00419. The standard InChI is InChI=1S/C15H14ClNOS/c16-11-5-7-12(8-6-11)17-15(18)14-13-4-2-1-3-10(13)9-19-14/h5-9H,1-4H2,(H,17,18). The first-order valence-electron chi connectivity index (χ1n) is 6.40. The normalized spacial score (nSPS) is 13.9. The van der Waals surface area contributed by atoms with Gasteiger partial charge >= 0.3 is 0 Å². The number of rotatable bonds is 2. The minimum atomic E-state index is -0.00419. The number of thiophene rings is 1. The molecule has 0 aliphatic heterocycles. The van der Waals surface area contributed by atoms with Crippen LogP contribution >= 0.6 is 22.9 Å². The van der Waals surface area contributed by atoms with Crippen LogP contribution in [0.25, 0.3) is 0 Å². The number of carbonyl (C=O) groups is 1. The molecule has 0 atom stereocenters. The number of carbonyl (C=O) groups excluding carboxylic acids is 1. The molecule has 0 bridgehead atoms. The summed E-state index contributed by atoms with van der Waals surface area (Å²) in [5, 5.41) is 5.74. The second-order valence-corrected chi connectivity index (χ2v) is 6.05. The maximum atomic E-state index is 12.3.